The van der Waals surface area contributed by atoms with E-state index in [1.807, 2.05) is 11.4 Å². The van der Waals surface area contributed by atoms with Crippen LogP contribution in [0.4, 0.5) is 15.9 Å². The van der Waals surface area contributed by atoms with E-state index >= 15 is 0 Å². The number of halogens is 2. The lowest BCUT2D eigenvalue weighted by Gasteiger charge is -2.07. The van der Waals surface area contributed by atoms with E-state index in [0.717, 1.165) is 10.2 Å². The molecule has 7 heteroatoms. The average Bonchev–Trinajstić information content (AvgIpc) is 2.89. The van der Waals surface area contributed by atoms with Crippen molar-refractivity contribution in [2.24, 2.45) is 0 Å². The van der Waals surface area contributed by atoms with Crippen LogP contribution in [0.2, 0.25) is 5.28 Å². The van der Waals surface area contributed by atoms with Gasteiger partial charge in [0.15, 0.2) is 0 Å². The molecule has 0 saturated carbocycles. The Morgan fingerprint density at radius 3 is 2.95 bits per heavy atom. The summed E-state index contributed by atoms with van der Waals surface area (Å²) in [7, 11) is 0. The zero-order chi connectivity index (χ0) is 14.1. The van der Waals surface area contributed by atoms with Gasteiger partial charge >= 0.3 is 0 Å². The Kier molecular flexibility index (Phi) is 3.22. The van der Waals surface area contributed by atoms with Crippen LogP contribution in [0.5, 0.6) is 0 Å². The predicted octanol–water partition coefficient (Wildman–Crippen LogP) is 4.10. The zero-order valence-electron chi connectivity index (χ0n) is 9.89. The molecule has 0 saturated heterocycles. The molecule has 0 aliphatic carbocycles. The van der Waals surface area contributed by atoms with Crippen molar-refractivity contribution in [3.63, 3.8) is 0 Å². The number of nitriles is 1. The second-order valence-electron chi connectivity index (χ2n) is 3.91. The SMILES string of the molecule is N#Cc1cc(Nc2nc(Cl)nc3sccc23)ccc1F. The lowest BCUT2D eigenvalue weighted by molar-refractivity contribution is 0.624. The Bertz CT molecular complexity index is 840. The van der Waals surface area contributed by atoms with Crippen molar-refractivity contribution in [3.8, 4) is 6.07 Å². The van der Waals surface area contributed by atoms with Crippen molar-refractivity contribution in [3.05, 3.63) is 46.3 Å². The first-order chi connectivity index (χ1) is 9.67. The van der Waals surface area contributed by atoms with Crippen LogP contribution < -0.4 is 5.32 Å². The second-order valence-corrected chi connectivity index (χ2v) is 5.14. The molecule has 0 aliphatic rings. The van der Waals surface area contributed by atoms with E-state index in [-0.39, 0.29) is 10.8 Å². The van der Waals surface area contributed by atoms with Crippen molar-refractivity contribution < 1.29 is 4.39 Å². The Balaban J connectivity index is 2.05. The largest absolute Gasteiger partial charge is 0.340 e. The standard InChI is InChI=1S/C13H6ClFN4S/c14-13-18-11(9-3-4-20-12(9)19-13)17-8-1-2-10(15)7(5-8)6-16/h1-5H,(H,17,18,19). The van der Waals surface area contributed by atoms with Crippen LogP contribution in [0.1, 0.15) is 5.56 Å². The maximum atomic E-state index is 13.3. The minimum absolute atomic E-state index is 0.0308. The smallest absolute Gasteiger partial charge is 0.225 e. The quantitative estimate of drug-likeness (QED) is 0.724. The van der Waals surface area contributed by atoms with Crippen LogP contribution in [0.15, 0.2) is 29.6 Å². The number of benzene rings is 1. The van der Waals surface area contributed by atoms with Crippen LogP contribution in [-0.4, -0.2) is 9.97 Å². The van der Waals surface area contributed by atoms with Gasteiger partial charge in [0.05, 0.1) is 10.9 Å². The van der Waals surface area contributed by atoms with Crippen LogP contribution in [0.3, 0.4) is 0 Å². The summed E-state index contributed by atoms with van der Waals surface area (Å²) in [5.74, 6) is -0.0313. The van der Waals surface area contributed by atoms with Gasteiger partial charge in [-0.05, 0) is 41.2 Å². The van der Waals surface area contributed by atoms with Gasteiger partial charge in [-0.2, -0.15) is 10.2 Å². The number of nitrogens with zero attached hydrogens (tertiary/aromatic N) is 3. The molecule has 2 aromatic heterocycles. The van der Waals surface area contributed by atoms with Gasteiger partial charge < -0.3 is 5.32 Å². The predicted molar refractivity (Wildman–Crippen MR) is 76.8 cm³/mol. The molecule has 0 fully saturated rings. The van der Waals surface area contributed by atoms with Crippen LogP contribution in [-0.2, 0) is 0 Å². The van der Waals surface area contributed by atoms with Crippen LogP contribution >= 0.6 is 22.9 Å². The summed E-state index contributed by atoms with van der Waals surface area (Å²) < 4.78 is 13.3. The summed E-state index contributed by atoms with van der Waals surface area (Å²) in [6.45, 7) is 0. The highest BCUT2D eigenvalue weighted by Crippen LogP contribution is 2.29. The van der Waals surface area contributed by atoms with E-state index in [1.165, 1.54) is 29.5 Å². The molecule has 1 aromatic carbocycles. The highest BCUT2D eigenvalue weighted by atomic mass is 35.5. The summed E-state index contributed by atoms with van der Waals surface area (Å²) in [4.78, 5) is 8.99. The van der Waals surface area contributed by atoms with E-state index in [4.69, 9.17) is 16.9 Å². The number of hydrogen-bond acceptors (Lipinski definition) is 5. The third-order valence-electron chi connectivity index (χ3n) is 2.65. The zero-order valence-corrected chi connectivity index (χ0v) is 11.5. The highest BCUT2D eigenvalue weighted by molar-refractivity contribution is 7.16. The Hall–Kier alpha value is -2.23. The van der Waals surface area contributed by atoms with Crippen LogP contribution in [0, 0.1) is 17.1 Å². The second kappa shape index (κ2) is 5.04. The lowest BCUT2D eigenvalue weighted by atomic mass is 10.2. The fourth-order valence-electron chi connectivity index (χ4n) is 1.75. The highest BCUT2D eigenvalue weighted by Gasteiger charge is 2.09. The molecule has 0 amide bonds. The molecule has 98 valence electrons. The number of aromatic nitrogens is 2. The van der Waals surface area contributed by atoms with E-state index in [1.54, 1.807) is 6.07 Å². The third kappa shape index (κ3) is 2.29. The number of hydrogen-bond donors (Lipinski definition) is 1. The number of rotatable bonds is 2. The fourth-order valence-corrected chi connectivity index (χ4v) is 2.73. The minimum atomic E-state index is -0.556. The van der Waals surface area contributed by atoms with Gasteiger partial charge in [0.1, 0.15) is 22.5 Å². The van der Waals surface area contributed by atoms with Gasteiger partial charge in [0, 0.05) is 5.69 Å². The van der Waals surface area contributed by atoms with Crippen molar-refractivity contribution in [2.75, 3.05) is 5.32 Å². The number of thiophene rings is 1. The van der Waals surface area contributed by atoms with Gasteiger partial charge in [-0.15, -0.1) is 11.3 Å². The lowest BCUT2D eigenvalue weighted by Crippen LogP contribution is -1.97. The molecule has 1 N–H and O–H groups in total. The summed E-state index contributed by atoms with van der Waals surface area (Å²) >= 11 is 7.31. The van der Waals surface area contributed by atoms with Crippen molar-refractivity contribution >= 4 is 44.7 Å². The molecule has 4 nitrogen and oxygen atoms in total. The molecule has 3 aromatic rings. The summed E-state index contributed by atoms with van der Waals surface area (Å²) in [6.07, 6.45) is 0. The van der Waals surface area contributed by atoms with Gasteiger partial charge in [-0.1, -0.05) is 0 Å². The molecule has 3 rings (SSSR count). The fraction of sp³-hybridized carbons (Fsp3) is 0. The maximum absolute atomic E-state index is 13.3. The number of anilines is 2. The molecular formula is C13H6ClFN4S. The van der Waals surface area contributed by atoms with Crippen molar-refractivity contribution in [1.82, 2.24) is 9.97 Å². The minimum Gasteiger partial charge on any atom is -0.340 e. The van der Waals surface area contributed by atoms with Crippen molar-refractivity contribution in [2.45, 2.75) is 0 Å². The van der Waals surface area contributed by atoms with Gasteiger partial charge in [0.25, 0.3) is 0 Å². The van der Waals surface area contributed by atoms with E-state index < -0.39 is 5.82 Å². The van der Waals surface area contributed by atoms with E-state index in [0.29, 0.717) is 11.5 Å². The number of fused-ring (bicyclic) bond motifs is 1. The van der Waals surface area contributed by atoms with Gasteiger partial charge in [0.2, 0.25) is 5.28 Å². The first-order valence-corrected chi connectivity index (χ1v) is 6.80. The normalized spacial score (nSPS) is 10.4. The molecular weight excluding hydrogens is 299 g/mol. The van der Waals surface area contributed by atoms with Gasteiger partial charge in [-0.25, -0.2) is 9.37 Å². The molecule has 0 aliphatic heterocycles. The Morgan fingerprint density at radius 1 is 1.30 bits per heavy atom. The summed E-state index contributed by atoms with van der Waals surface area (Å²) in [5, 5.41) is 14.7. The topological polar surface area (TPSA) is 61.6 Å². The molecule has 0 radical (unpaired) electrons. The molecule has 20 heavy (non-hydrogen) atoms. The summed E-state index contributed by atoms with van der Waals surface area (Å²) in [6, 6.07) is 7.84. The van der Waals surface area contributed by atoms with E-state index in [2.05, 4.69) is 15.3 Å². The molecule has 2 heterocycles. The average molecular weight is 305 g/mol. The molecule has 0 atom stereocenters. The van der Waals surface area contributed by atoms with Crippen LogP contribution in [0.25, 0.3) is 10.2 Å². The van der Waals surface area contributed by atoms with Crippen molar-refractivity contribution in [1.29, 1.82) is 5.26 Å². The first-order valence-electron chi connectivity index (χ1n) is 5.55. The molecule has 0 unspecified atom stereocenters. The summed E-state index contributed by atoms with van der Waals surface area (Å²) in [5.41, 5.74) is 0.530. The molecule has 0 bridgehead atoms. The monoisotopic (exact) mass is 304 g/mol. The Morgan fingerprint density at radius 2 is 2.15 bits per heavy atom. The number of nitrogens with one attached hydrogen (secondary N) is 1. The van der Waals surface area contributed by atoms with E-state index in [9.17, 15) is 4.39 Å². The maximum Gasteiger partial charge on any atom is 0.225 e. The first kappa shape index (κ1) is 12.8. The molecule has 0 spiro atoms. The van der Waals surface area contributed by atoms with Gasteiger partial charge in [-0.3, -0.25) is 0 Å². The third-order valence-corrected chi connectivity index (χ3v) is 3.62. The Labute approximate surface area is 122 Å².